The van der Waals surface area contributed by atoms with Crippen molar-refractivity contribution in [2.24, 2.45) is 0 Å². The molecule has 2 nitrogen and oxygen atoms in total. The van der Waals surface area contributed by atoms with Crippen LogP contribution in [0.5, 0.6) is 0 Å². The maximum atomic E-state index is 13.2. The molecular formula is C10H12FNOS. The fraction of sp³-hybridized carbons (Fsp3) is 0.300. The molecule has 4 heteroatoms. The molecule has 0 aliphatic heterocycles. The predicted octanol–water partition coefficient (Wildman–Crippen LogP) is 2.11. The van der Waals surface area contributed by atoms with Gasteiger partial charge in [-0.15, -0.1) is 0 Å². The number of halogens is 1. The summed E-state index contributed by atoms with van der Waals surface area (Å²) in [4.78, 5) is 12.7. The largest absolute Gasteiger partial charge is 0.313 e. The second kappa shape index (κ2) is 5.00. The van der Waals surface area contributed by atoms with Gasteiger partial charge in [-0.05, 0) is 17.9 Å². The Kier molecular flexibility index (Phi) is 3.95. The quantitative estimate of drug-likeness (QED) is 0.762. The minimum atomic E-state index is -0.387. The van der Waals surface area contributed by atoms with E-state index in [1.165, 1.54) is 11.0 Å². The number of carbonyl (C=O) groups excluding carboxylic acids is 1. The Hall–Kier alpha value is -1.03. The van der Waals surface area contributed by atoms with E-state index < -0.39 is 0 Å². The smallest absolute Gasteiger partial charge is 0.227 e. The second-order valence-corrected chi connectivity index (χ2v) is 3.32. The van der Waals surface area contributed by atoms with Gasteiger partial charge >= 0.3 is 0 Å². The van der Waals surface area contributed by atoms with Gasteiger partial charge in [0.15, 0.2) is 0 Å². The number of carbonyl (C=O) groups is 1. The zero-order valence-electron chi connectivity index (χ0n) is 7.90. The highest BCUT2D eigenvalue weighted by atomic mass is 32.1. The van der Waals surface area contributed by atoms with Crippen LogP contribution in [0.25, 0.3) is 0 Å². The molecule has 14 heavy (non-hydrogen) atoms. The minimum Gasteiger partial charge on any atom is -0.313 e. The minimum absolute atomic E-state index is 0.134. The third-order valence-corrected chi connectivity index (χ3v) is 2.14. The Bertz CT molecular complexity index is 330. The lowest BCUT2D eigenvalue weighted by Crippen LogP contribution is -2.27. The number of anilines is 1. The van der Waals surface area contributed by atoms with Gasteiger partial charge in [0, 0.05) is 13.5 Å². The van der Waals surface area contributed by atoms with E-state index in [-0.39, 0.29) is 11.7 Å². The molecule has 0 atom stereocenters. The molecule has 0 heterocycles. The summed E-state index contributed by atoms with van der Waals surface area (Å²) in [7, 11) is 1.56. The van der Waals surface area contributed by atoms with Gasteiger partial charge in [-0.1, -0.05) is 12.1 Å². The van der Waals surface area contributed by atoms with Crippen molar-refractivity contribution in [3.05, 3.63) is 30.1 Å². The van der Waals surface area contributed by atoms with E-state index >= 15 is 0 Å². The van der Waals surface area contributed by atoms with Gasteiger partial charge in [-0.3, -0.25) is 4.79 Å². The molecule has 0 unspecified atom stereocenters. The van der Waals surface area contributed by atoms with Gasteiger partial charge < -0.3 is 4.90 Å². The van der Waals surface area contributed by atoms with Crippen LogP contribution in [-0.2, 0) is 4.79 Å². The Morgan fingerprint density at radius 1 is 1.50 bits per heavy atom. The Morgan fingerprint density at radius 3 is 2.71 bits per heavy atom. The number of hydrogen-bond acceptors (Lipinski definition) is 2. The Labute approximate surface area is 88.1 Å². The monoisotopic (exact) mass is 213 g/mol. The highest BCUT2D eigenvalue weighted by Crippen LogP contribution is 2.17. The van der Waals surface area contributed by atoms with Crippen LogP contribution in [0, 0.1) is 5.82 Å². The van der Waals surface area contributed by atoms with Crippen LogP contribution in [0.4, 0.5) is 10.1 Å². The van der Waals surface area contributed by atoms with Crippen molar-refractivity contribution in [1.29, 1.82) is 0 Å². The molecular weight excluding hydrogens is 201 g/mol. The van der Waals surface area contributed by atoms with Crippen molar-refractivity contribution in [3.8, 4) is 0 Å². The van der Waals surface area contributed by atoms with Crippen molar-refractivity contribution in [3.63, 3.8) is 0 Å². The highest BCUT2D eigenvalue weighted by Gasteiger charge is 2.12. The maximum Gasteiger partial charge on any atom is 0.227 e. The lowest BCUT2D eigenvalue weighted by Gasteiger charge is -2.17. The molecule has 0 N–H and O–H groups in total. The Balaban J connectivity index is 2.84. The highest BCUT2D eigenvalue weighted by molar-refractivity contribution is 7.80. The van der Waals surface area contributed by atoms with Crippen LogP contribution in [0.3, 0.4) is 0 Å². The molecule has 0 bridgehead atoms. The van der Waals surface area contributed by atoms with Crippen LogP contribution < -0.4 is 4.90 Å². The molecule has 76 valence electrons. The molecule has 0 aromatic heterocycles. The molecule has 1 rings (SSSR count). The first-order valence-electron chi connectivity index (χ1n) is 4.28. The molecule has 1 amide bonds. The topological polar surface area (TPSA) is 20.3 Å². The SMILES string of the molecule is CN(C(=O)CCS)c1ccccc1F. The van der Waals surface area contributed by atoms with Gasteiger partial charge in [-0.25, -0.2) is 4.39 Å². The third kappa shape index (κ3) is 2.48. The summed E-state index contributed by atoms with van der Waals surface area (Å²) in [5.41, 5.74) is 0.305. The van der Waals surface area contributed by atoms with E-state index in [9.17, 15) is 9.18 Å². The van der Waals surface area contributed by atoms with Gasteiger partial charge in [0.1, 0.15) is 5.82 Å². The van der Waals surface area contributed by atoms with E-state index in [2.05, 4.69) is 12.6 Å². The van der Waals surface area contributed by atoms with Crippen molar-refractivity contribution < 1.29 is 9.18 Å². The van der Waals surface area contributed by atoms with E-state index in [4.69, 9.17) is 0 Å². The van der Waals surface area contributed by atoms with Gasteiger partial charge in [0.2, 0.25) is 5.91 Å². The molecule has 1 aromatic carbocycles. The molecule has 1 aromatic rings. The normalized spacial score (nSPS) is 9.93. The number of thiol groups is 1. The number of benzene rings is 1. The van der Waals surface area contributed by atoms with E-state index in [0.29, 0.717) is 17.9 Å². The van der Waals surface area contributed by atoms with E-state index in [1.54, 1.807) is 25.2 Å². The maximum absolute atomic E-state index is 13.2. The second-order valence-electron chi connectivity index (χ2n) is 2.88. The number of para-hydroxylation sites is 1. The molecule has 0 saturated heterocycles. The van der Waals surface area contributed by atoms with Crippen LogP contribution in [-0.4, -0.2) is 18.7 Å². The van der Waals surface area contributed by atoms with Crippen molar-refractivity contribution >= 4 is 24.2 Å². The molecule has 0 aliphatic carbocycles. The first kappa shape index (κ1) is 11.0. The summed E-state index contributed by atoms with van der Waals surface area (Å²) >= 11 is 3.95. The summed E-state index contributed by atoms with van der Waals surface area (Å²) in [5.74, 6) is -0.0509. The van der Waals surface area contributed by atoms with Crippen molar-refractivity contribution in [2.75, 3.05) is 17.7 Å². The lowest BCUT2D eigenvalue weighted by atomic mass is 10.2. The average molecular weight is 213 g/mol. The predicted molar refractivity (Wildman–Crippen MR) is 58.3 cm³/mol. The van der Waals surface area contributed by atoms with Crippen molar-refractivity contribution in [2.45, 2.75) is 6.42 Å². The molecule has 0 saturated carbocycles. The number of amides is 1. The standard InChI is InChI=1S/C10H12FNOS/c1-12(10(13)6-7-14)9-5-3-2-4-8(9)11/h2-5,14H,6-7H2,1H3. The zero-order chi connectivity index (χ0) is 10.6. The molecule has 0 fully saturated rings. The summed E-state index contributed by atoms with van der Waals surface area (Å²) in [6.45, 7) is 0. The van der Waals surface area contributed by atoms with Gasteiger partial charge in [-0.2, -0.15) is 12.6 Å². The zero-order valence-corrected chi connectivity index (χ0v) is 8.80. The summed E-state index contributed by atoms with van der Waals surface area (Å²) < 4.78 is 13.2. The molecule has 0 radical (unpaired) electrons. The van der Waals surface area contributed by atoms with Crippen LogP contribution in [0.2, 0.25) is 0 Å². The molecule has 0 aliphatic rings. The molecule has 0 spiro atoms. The lowest BCUT2D eigenvalue weighted by molar-refractivity contribution is -0.117. The number of nitrogens with zero attached hydrogens (tertiary/aromatic N) is 1. The average Bonchev–Trinajstić information content (AvgIpc) is 2.18. The fourth-order valence-corrected chi connectivity index (χ4v) is 1.31. The first-order chi connectivity index (χ1) is 6.66. The van der Waals surface area contributed by atoms with Gasteiger partial charge in [0.25, 0.3) is 0 Å². The van der Waals surface area contributed by atoms with Crippen molar-refractivity contribution in [1.82, 2.24) is 0 Å². The van der Waals surface area contributed by atoms with Crippen LogP contribution in [0.15, 0.2) is 24.3 Å². The van der Waals surface area contributed by atoms with Crippen LogP contribution in [0.1, 0.15) is 6.42 Å². The van der Waals surface area contributed by atoms with Gasteiger partial charge in [0.05, 0.1) is 5.69 Å². The number of hydrogen-bond donors (Lipinski definition) is 1. The van der Waals surface area contributed by atoms with E-state index in [0.717, 1.165) is 0 Å². The first-order valence-corrected chi connectivity index (χ1v) is 4.92. The van der Waals surface area contributed by atoms with Crippen LogP contribution >= 0.6 is 12.6 Å². The Morgan fingerprint density at radius 2 is 2.14 bits per heavy atom. The summed E-state index contributed by atoms with van der Waals surface area (Å²) in [6, 6.07) is 6.20. The fourth-order valence-electron chi connectivity index (χ4n) is 1.12. The summed E-state index contributed by atoms with van der Waals surface area (Å²) in [6.07, 6.45) is 0.313. The third-order valence-electron chi connectivity index (χ3n) is 1.91. The van der Waals surface area contributed by atoms with E-state index in [1.807, 2.05) is 0 Å². The number of rotatable bonds is 3. The summed E-state index contributed by atoms with van der Waals surface area (Å²) in [5, 5.41) is 0.